The molecule has 0 saturated heterocycles. The van der Waals surface area contributed by atoms with Crippen LogP contribution in [-0.2, 0) is 5.60 Å². The first-order chi connectivity index (χ1) is 8.97. The van der Waals surface area contributed by atoms with Gasteiger partial charge in [-0.3, -0.25) is 0 Å². The molecular weight excluding hydrogens is 253 g/mol. The standard InChI is InChI=1S/C15H13F3O/c1-2-15(19,10-4-3-5-11(16)8-10)13-7-6-12(17)9-14(13)18/h3-9,19H,2H2,1H3. The van der Waals surface area contributed by atoms with E-state index in [0.29, 0.717) is 6.07 Å². The van der Waals surface area contributed by atoms with Gasteiger partial charge in [-0.15, -0.1) is 0 Å². The van der Waals surface area contributed by atoms with Crippen LogP contribution >= 0.6 is 0 Å². The Labute approximate surface area is 109 Å². The molecule has 1 atom stereocenters. The third-order valence-electron chi connectivity index (χ3n) is 3.19. The molecule has 0 spiro atoms. The molecule has 1 unspecified atom stereocenters. The number of benzene rings is 2. The van der Waals surface area contributed by atoms with E-state index < -0.39 is 23.1 Å². The fraction of sp³-hybridized carbons (Fsp3) is 0.200. The van der Waals surface area contributed by atoms with Gasteiger partial charge in [0, 0.05) is 11.6 Å². The van der Waals surface area contributed by atoms with Crippen LogP contribution in [0.15, 0.2) is 42.5 Å². The molecule has 0 heterocycles. The minimum atomic E-state index is -1.68. The number of rotatable bonds is 3. The summed E-state index contributed by atoms with van der Waals surface area (Å²) in [6, 6.07) is 8.28. The van der Waals surface area contributed by atoms with Crippen LogP contribution < -0.4 is 0 Å². The number of aliphatic hydroxyl groups is 1. The number of hydrogen-bond donors (Lipinski definition) is 1. The van der Waals surface area contributed by atoms with Gasteiger partial charge in [0.15, 0.2) is 0 Å². The van der Waals surface area contributed by atoms with Gasteiger partial charge in [-0.2, -0.15) is 0 Å². The summed E-state index contributed by atoms with van der Waals surface area (Å²) in [4.78, 5) is 0. The topological polar surface area (TPSA) is 20.2 Å². The maximum absolute atomic E-state index is 13.8. The highest BCUT2D eigenvalue weighted by atomic mass is 19.1. The quantitative estimate of drug-likeness (QED) is 0.897. The first kappa shape index (κ1) is 13.6. The molecule has 4 heteroatoms. The molecule has 0 aliphatic heterocycles. The smallest absolute Gasteiger partial charge is 0.132 e. The summed E-state index contributed by atoms with van der Waals surface area (Å²) < 4.78 is 40.0. The molecule has 0 aliphatic rings. The summed E-state index contributed by atoms with van der Waals surface area (Å²) in [6.07, 6.45) is 0.138. The zero-order valence-corrected chi connectivity index (χ0v) is 10.3. The van der Waals surface area contributed by atoms with Gasteiger partial charge in [-0.05, 0) is 36.2 Å². The minimum Gasteiger partial charge on any atom is -0.380 e. The lowest BCUT2D eigenvalue weighted by molar-refractivity contribution is 0.0721. The van der Waals surface area contributed by atoms with Crippen molar-refractivity contribution in [3.8, 4) is 0 Å². The lowest BCUT2D eigenvalue weighted by Gasteiger charge is -2.28. The van der Waals surface area contributed by atoms with Crippen molar-refractivity contribution in [2.75, 3.05) is 0 Å². The molecule has 2 aromatic rings. The SMILES string of the molecule is CCC(O)(c1cccc(F)c1)c1ccc(F)cc1F. The van der Waals surface area contributed by atoms with Crippen molar-refractivity contribution in [1.29, 1.82) is 0 Å². The molecule has 0 fully saturated rings. The Kier molecular flexibility index (Phi) is 3.62. The molecule has 0 aliphatic carbocycles. The molecule has 2 rings (SSSR count). The van der Waals surface area contributed by atoms with E-state index in [-0.39, 0.29) is 17.5 Å². The van der Waals surface area contributed by atoms with E-state index in [4.69, 9.17) is 0 Å². The fourth-order valence-electron chi connectivity index (χ4n) is 2.12. The molecular formula is C15H13F3O. The van der Waals surface area contributed by atoms with E-state index in [1.54, 1.807) is 6.92 Å². The summed E-state index contributed by atoms with van der Waals surface area (Å²) in [5.41, 5.74) is -1.51. The normalized spacial score (nSPS) is 14.2. The van der Waals surface area contributed by atoms with Crippen LogP contribution in [0.3, 0.4) is 0 Å². The highest BCUT2D eigenvalue weighted by Gasteiger charge is 2.32. The monoisotopic (exact) mass is 266 g/mol. The van der Waals surface area contributed by atoms with E-state index in [0.717, 1.165) is 12.1 Å². The van der Waals surface area contributed by atoms with Gasteiger partial charge in [-0.1, -0.05) is 19.1 Å². The van der Waals surface area contributed by atoms with Gasteiger partial charge >= 0.3 is 0 Å². The summed E-state index contributed by atoms with van der Waals surface area (Å²) >= 11 is 0. The Balaban J connectivity index is 2.59. The van der Waals surface area contributed by atoms with Crippen LogP contribution in [0.1, 0.15) is 24.5 Å². The average Bonchev–Trinajstić information content (AvgIpc) is 2.38. The van der Waals surface area contributed by atoms with Crippen LogP contribution in [-0.4, -0.2) is 5.11 Å². The predicted molar refractivity (Wildman–Crippen MR) is 66.0 cm³/mol. The zero-order valence-electron chi connectivity index (χ0n) is 10.3. The Morgan fingerprint density at radius 1 is 1.00 bits per heavy atom. The molecule has 0 amide bonds. The first-order valence-corrected chi connectivity index (χ1v) is 5.91. The van der Waals surface area contributed by atoms with Gasteiger partial charge in [0.05, 0.1) is 0 Å². The molecule has 0 aromatic heterocycles. The van der Waals surface area contributed by atoms with E-state index >= 15 is 0 Å². The highest BCUT2D eigenvalue weighted by molar-refractivity contribution is 5.37. The van der Waals surface area contributed by atoms with Crippen molar-refractivity contribution in [3.63, 3.8) is 0 Å². The van der Waals surface area contributed by atoms with Crippen LogP contribution in [0.25, 0.3) is 0 Å². The van der Waals surface area contributed by atoms with Crippen molar-refractivity contribution >= 4 is 0 Å². The molecule has 1 nitrogen and oxygen atoms in total. The Morgan fingerprint density at radius 2 is 1.68 bits per heavy atom. The molecule has 1 N–H and O–H groups in total. The van der Waals surface area contributed by atoms with Crippen LogP contribution in [0.4, 0.5) is 13.2 Å². The molecule has 19 heavy (non-hydrogen) atoms. The summed E-state index contributed by atoms with van der Waals surface area (Å²) in [5.74, 6) is -2.10. The Hall–Kier alpha value is -1.81. The van der Waals surface area contributed by atoms with Crippen molar-refractivity contribution in [1.82, 2.24) is 0 Å². The van der Waals surface area contributed by atoms with Crippen molar-refractivity contribution < 1.29 is 18.3 Å². The van der Waals surface area contributed by atoms with Crippen molar-refractivity contribution in [3.05, 3.63) is 71.0 Å². The van der Waals surface area contributed by atoms with Gasteiger partial charge in [0.1, 0.15) is 23.1 Å². The molecule has 0 radical (unpaired) electrons. The van der Waals surface area contributed by atoms with Crippen LogP contribution in [0, 0.1) is 17.5 Å². The third-order valence-corrected chi connectivity index (χ3v) is 3.19. The lowest BCUT2D eigenvalue weighted by atomic mass is 9.84. The third kappa shape index (κ3) is 2.49. The molecule has 2 aromatic carbocycles. The lowest BCUT2D eigenvalue weighted by Crippen LogP contribution is -2.27. The second kappa shape index (κ2) is 5.05. The maximum atomic E-state index is 13.8. The Morgan fingerprint density at radius 3 is 2.26 bits per heavy atom. The molecule has 0 saturated carbocycles. The fourth-order valence-corrected chi connectivity index (χ4v) is 2.12. The summed E-state index contributed by atoms with van der Waals surface area (Å²) in [5, 5.41) is 10.6. The molecule has 0 bridgehead atoms. The van der Waals surface area contributed by atoms with Crippen molar-refractivity contribution in [2.24, 2.45) is 0 Å². The molecule has 100 valence electrons. The summed E-state index contributed by atoms with van der Waals surface area (Å²) in [6.45, 7) is 1.65. The summed E-state index contributed by atoms with van der Waals surface area (Å²) in [7, 11) is 0. The van der Waals surface area contributed by atoms with E-state index in [1.807, 2.05) is 0 Å². The average molecular weight is 266 g/mol. The first-order valence-electron chi connectivity index (χ1n) is 5.91. The van der Waals surface area contributed by atoms with Crippen molar-refractivity contribution in [2.45, 2.75) is 18.9 Å². The van der Waals surface area contributed by atoms with Gasteiger partial charge < -0.3 is 5.11 Å². The predicted octanol–water partition coefficient (Wildman–Crippen LogP) is 3.75. The minimum absolute atomic E-state index is 0.0676. The van der Waals surface area contributed by atoms with E-state index in [1.165, 1.54) is 24.3 Å². The largest absolute Gasteiger partial charge is 0.380 e. The second-order valence-corrected chi connectivity index (χ2v) is 4.35. The highest BCUT2D eigenvalue weighted by Crippen LogP contribution is 2.34. The maximum Gasteiger partial charge on any atom is 0.132 e. The Bertz CT molecular complexity index is 598. The van der Waals surface area contributed by atoms with E-state index in [2.05, 4.69) is 0 Å². The van der Waals surface area contributed by atoms with E-state index in [9.17, 15) is 18.3 Å². The van der Waals surface area contributed by atoms with Gasteiger partial charge in [-0.25, -0.2) is 13.2 Å². The number of halogens is 3. The zero-order chi connectivity index (χ0) is 14.0. The van der Waals surface area contributed by atoms with Gasteiger partial charge in [0.2, 0.25) is 0 Å². The second-order valence-electron chi connectivity index (χ2n) is 4.35. The van der Waals surface area contributed by atoms with Crippen LogP contribution in [0.2, 0.25) is 0 Å². The number of hydrogen-bond acceptors (Lipinski definition) is 1. The van der Waals surface area contributed by atoms with Crippen LogP contribution in [0.5, 0.6) is 0 Å². The van der Waals surface area contributed by atoms with Gasteiger partial charge in [0.25, 0.3) is 0 Å².